The van der Waals surface area contributed by atoms with Crippen LogP contribution in [0, 0.1) is 0 Å². The van der Waals surface area contributed by atoms with Gasteiger partial charge in [0.15, 0.2) is 0 Å². The van der Waals surface area contributed by atoms with E-state index in [1.54, 1.807) is 0 Å². The average Bonchev–Trinajstić information content (AvgIpc) is 2.82. The van der Waals surface area contributed by atoms with Gasteiger partial charge in [0.1, 0.15) is 11.9 Å². The van der Waals surface area contributed by atoms with Crippen LogP contribution in [0.15, 0.2) is 72.8 Å². The lowest BCUT2D eigenvalue weighted by Crippen LogP contribution is -2.43. The van der Waals surface area contributed by atoms with E-state index in [2.05, 4.69) is 50.4 Å². The summed E-state index contributed by atoms with van der Waals surface area (Å²) in [5, 5.41) is 3.57. The molecular weight excluding hydrogens is 384 g/mol. The zero-order chi connectivity index (χ0) is 21.8. The third-order valence-corrected chi connectivity index (χ3v) is 5.95. The van der Waals surface area contributed by atoms with Crippen LogP contribution in [0.2, 0.25) is 0 Å². The summed E-state index contributed by atoms with van der Waals surface area (Å²) in [5.74, 6) is 1.34. The Morgan fingerprint density at radius 2 is 1.68 bits per heavy atom. The van der Waals surface area contributed by atoms with Crippen LogP contribution in [0.4, 0.5) is 11.4 Å². The van der Waals surface area contributed by atoms with Gasteiger partial charge in [-0.1, -0.05) is 57.2 Å². The Morgan fingerprint density at radius 3 is 2.35 bits per heavy atom. The number of rotatable bonds is 7. The monoisotopic (exact) mass is 414 g/mol. The Labute approximate surface area is 184 Å². The van der Waals surface area contributed by atoms with Crippen LogP contribution in [-0.2, 0) is 0 Å². The molecule has 0 bridgehead atoms. The molecule has 31 heavy (non-hydrogen) atoms. The van der Waals surface area contributed by atoms with Crippen molar-refractivity contribution in [2.45, 2.75) is 45.7 Å². The molecule has 4 rings (SSSR count). The van der Waals surface area contributed by atoms with Gasteiger partial charge in [0.05, 0.1) is 12.2 Å². The first-order chi connectivity index (χ1) is 15.1. The van der Waals surface area contributed by atoms with Crippen LogP contribution >= 0.6 is 0 Å². The van der Waals surface area contributed by atoms with E-state index in [0.717, 1.165) is 35.5 Å². The number of hydrogen-bond donors (Lipinski definition) is 1. The molecule has 0 saturated carbocycles. The standard InChI is InChI=1S/C27H30N2O2/c1-4-18-31-23-16-12-21(13-17-23)26-28-25-9-7-6-8-24(25)27(30)29(26)22-14-10-20(11-15-22)19(3)5-2/h6-17,19,26,28H,4-5,18H2,1-3H3/t19-,26-/m0/s1. The second kappa shape index (κ2) is 9.25. The predicted octanol–water partition coefficient (Wildman–Crippen LogP) is 6.76. The lowest BCUT2D eigenvalue weighted by atomic mass is 9.97. The van der Waals surface area contributed by atoms with Crippen LogP contribution in [0.1, 0.15) is 67.2 Å². The van der Waals surface area contributed by atoms with E-state index in [0.29, 0.717) is 18.1 Å². The van der Waals surface area contributed by atoms with Gasteiger partial charge in [0.2, 0.25) is 0 Å². The zero-order valence-corrected chi connectivity index (χ0v) is 18.5. The molecule has 1 heterocycles. The fourth-order valence-electron chi connectivity index (χ4n) is 3.92. The highest BCUT2D eigenvalue weighted by molar-refractivity contribution is 6.12. The number of anilines is 2. The Hall–Kier alpha value is -3.27. The third kappa shape index (κ3) is 4.29. The topological polar surface area (TPSA) is 41.6 Å². The van der Waals surface area contributed by atoms with Crippen molar-refractivity contribution in [2.24, 2.45) is 0 Å². The highest BCUT2D eigenvalue weighted by atomic mass is 16.5. The van der Waals surface area contributed by atoms with E-state index in [9.17, 15) is 4.79 Å². The average molecular weight is 415 g/mol. The van der Waals surface area contributed by atoms with E-state index in [4.69, 9.17) is 4.74 Å². The maximum atomic E-state index is 13.5. The number of para-hydroxylation sites is 1. The number of nitrogens with zero attached hydrogens (tertiary/aromatic N) is 1. The number of nitrogens with one attached hydrogen (secondary N) is 1. The molecule has 0 saturated heterocycles. The lowest BCUT2D eigenvalue weighted by molar-refractivity contribution is 0.0975. The molecule has 1 amide bonds. The molecule has 1 aliphatic rings. The molecule has 1 aliphatic heterocycles. The summed E-state index contributed by atoms with van der Waals surface area (Å²) in [6.07, 6.45) is 1.76. The summed E-state index contributed by atoms with van der Waals surface area (Å²) in [5.41, 5.74) is 4.73. The lowest BCUT2D eigenvalue weighted by Gasteiger charge is -2.38. The van der Waals surface area contributed by atoms with Gasteiger partial charge in [0.25, 0.3) is 5.91 Å². The first kappa shape index (κ1) is 21.0. The predicted molar refractivity (Wildman–Crippen MR) is 127 cm³/mol. The summed E-state index contributed by atoms with van der Waals surface area (Å²) in [7, 11) is 0. The van der Waals surface area contributed by atoms with Crippen molar-refractivity contribution >= 4 is 17.3 Å². The summed E-state index contributed by atoms with van der Waals surface area (Å²) >= 11 is 0. The van der Waals surface area contributed by atoms with E-state index >= 15 is 0 Å². The van der Waals surface area contributed by atoms with E-state index in [-0.39, 0.29) is 12.1 Å². The Kier molecular flexibility index (Phi) is 6.26. The summed E-state index contributed by atoms with van der Waals surface area (Å²) < 4.78 is 5.73. The van der Waals surface area contributed by atoms with E-state index < -0.39 is 0 Å². The van der Waals surface area contributed by atoms with Gasteiger partial charge in [-0.3, -0.25) is 9.69 Å². The van der Waals surface area contributed by atoms with Gasteiger partial charge < -0.3 is 10.1 Å². The van der Waals surface area contributed by atoms with E-state index in [1.807, 2.05) is 53.4 Å². The van der Waals surface area contributed by atoms with Crippen molar-refractivity contribution in [1.29, 1.82) is 0 Å². The van der Waals surface area contributed by atoms with Crippen molar-refractivity contribution in [3.8, 4) is 5.75 Å². The molecule has 0 unspecified atom stereocenters. The molecule has 0 radical (unpaired) electrons. The van der Waals surface area contributed by atoms with Gasteiger partial charge in [-0.15, -0.1) is 0 Å². The largest absolute Gasteiger partial charge is 0.494 e. The molecular formula is C27H30N2O2. The second-order valence-corrected chi connectivity index (χ2v) is 8.09. The minimum Gasteiger partial charge on any atom is -0.494 e. The highest BCUT2D eigenvalue weighted by Crippen LogP contribution is 2.37. The Bertz CT molecular complexity index is 1030. The summed E-state index contributed by atoms with van der Waals surface area (Å²) in [6, 6.07) is 24.1. The molecule has 0 spiro atoms. The molecule has 3 aromatic carbocycles. The zero-order valence-electron chi connectivity index (χ0n) is 18.5. The van der Waals surface area contributed by atoms with Crippen LogP contribution in [-0.4, -0.2) is 12.5 Å². The minimum absolute atomic E-state index is 0.00181. The van der Waals surface area contributed by atoms with Gasteiger partial charge in [-0.25, -0.2) is 0 Å². The van der Waals surface area contributed by atoms with Crippen LogP contribution in [0.25, 0.3) is 0 Å². The van der Waals surface area contributed by atoms with Crippen molar-refractivity contribution in [1.82, 2.24) is 0 Å². The first-order valence-corrected chi connectivity index (χ1v) is 11.1. The van der Waals surface area contributed by atoms with Crippen LogP contribution < -0.4 is 15.0 Å². The molecule has 3 aromatic rings. The van der Waals surface area contributed by atoms with Crippen molar-refractivity contribution in [3.05, 3.63) is 89.5 Å². The minimum atomic E-state index is -0.294. The fourth-order valence-corrected chi connectivity index (χ4v) is 3.92. The third-order valence-electron chi connectivity index (χ3n) is 5.95. The number of hydrogen-bond acceptors (Lipinski definition) is 3. The molecule has 0 aliphatic carbocycles. The van der Waals surface area contributed by atoms with Crippen LogP contribution in [0.3, 0.4) is 0 Å². The Balaban J connectivity index is 1.71. The van der Waals surface area contributed by atoms with Gasteiger partial charge in [-0.05, 0) is 66.3 Å². The number of benzene rings is 3. The number of fused-ring (bicyclic) bond motifs is 1. The molecule has 4 nitrogen and oxygen atoms in total. The highest BCUT2D eigenvalue weighted by Gasteiger charge is 2.34. The fraction of sp³-hybridized carbons (Fsp3) is 0.296. The quantitative estimate of drug-likeness (QED) is 0.464. The first-order valence-electron chi connectivity index (χ1n) is 11.1. The smallest absolute Gasteiger partial charge is 0.262 e. The van der Waals surface area contributed by atoms with Crippen molar-refractivity contribution < 1.29 is 9.53 Å². The number of carbonyl (C=O) groups excluding carboxylic acids is 1. The number of amides is 1. The molecule has 4 heteroatoms. The number of carbonyl (C=O) groups is 1. The maximum absolute atomic E-state index is 13.5. The van der Waals surface area contributed by atoms with Gasteiger partial charge in [-0.2, -0.15) is 0 Å². The Morgan fingerprint density at radius 1 is 0.968 bits per heavy atom. The normalized spacial score (nSPS) is 16.4. The number of ether oxygens (including phenoxy) is 1. The molecule has 0 aromatic heterocycles. The van der Waals surface area contributed by atoms with Crippen molar-refractivity contribution in [2.75, 3.05) is 16.8 Å². The molecule has 1 N–H and O–H groups in total. The maximum Gasteiger partial charge on any atom is 0.262 e. The molecule has 160 valence electrons. The second-order valence-electron chi connectivity index (χ2n) is 8.09. The molecule has 2 atom stereocenters. The van der Waals surface area contributed by atoms with Gasteiger partial charge in [0, 0.05) is 11.4 Å². The summed E-state index contributed by atoms with van der Waals surface area (Å²) in [4.78, 5) is 15.4. The molecule has 0 fully saturated rings. The van der Waals surface area contributed by atoms with E-state index in [1.165, 1.54) is 5.56 Å². The van der Waals surface area contributed by atoms with Crippen LogP contribution in [0.5, 0.6) is 5.75 Å². The summed E-state index contributed by atoms with van der Waals surface area (Å²) in [6.45, 7) is 7.21. The van der Waals surface area contributed by atoms with Gasteiger partial charge >= 0.3 is 0 Å². The SMILES string of the molecule is CCCOc1ccc([C@H]2Nc3ccccc3C(=O)N2c2ccc([C@@H](C)CC)cc2)cc1. The van der Waals surface area contributed by atoms with Crippen molar-refractivity contribution in [3.63, 3.8) is 0 Å².